The first-order valence-electron chi connectivity index (χ1n) is 2.54. The van der Waals surface area contributed by atoms with Crippen LogP contribution in [0, 0.1) is 14.1 Å². The minimum Gasteiger partial charge on any atom is -0.299 e. The van der Waals surface area contributed by atoms with Crippen LogP contribution in [0.3, 0.4) is 0 Å². The van der Waals surface area contributed by atoms with Crippen LogP contribution in [0.5, 0.6) is 0 Å². The van der Waals surface area contributed by atoms with Crippen LogP contribution in [0.25, 0.3) is 0 Å². The molecule has 0 aromatic carbocycles. The molecule has 0 aliphatic heterocycles. The van der Waals surface area contributed by atoms with Gasteiger partial charge in [0.15, 0.2) is 0 Å². The summed E-state index contributed by atoms with van der Waals surface area (Å²) < 4.78 is 0. The highest BCUT2D eigenvalue weighted by atomic mass is 15.1. The second-order valence-electron chi connectivity index (χ2n) is 1.96. The molecule has 0 bridgehead atoms. The summed E-state index contributed by atoms with van der Waals surface area (Å²) in [5.74, 6) is 0. The average molecular weight is 112 g/mol. The smallest absolute Gasteiger partial charge is 0.0436 e. The first kappa shape index (κ1) is 7.92. The minimum atomic E-state index is 0.799. The highest BCUT2D eigenvalue weighted by molar-refractivity contribution is 4.52. The molecule has 0 unspecified atom stereocenters. The molecule has 0 aromatic rings. The van der Waals surface area contributed by atoms with Crippen molar-refractivity contribution in [1.82, 2.24) is 9.80 Å². The van der Waals surface area contributed by atoms with Crippen molar-refractivity contribution in [1.29, 1.82) is 0 Å². The van der Waals surface area contributed by atoms with Gasteiger partial charge >= 0.3 is 0 Å². The standard InChI is InChI=1S/C6H12N2/c1-7(2)5-6-8(3)4/h1,3H,5-6H2,2,4H3. The van der Waals surface area contributed by atoms with E-state index in [0.717, 1.165) is 13.1 Å². The quantitative estimate of drug-likeness (QED) is 0.481. The Morgan fingerprint density at radius 1 is 1.00 bits per heavy atom. The fraction of sp³-hybridized carbons (Fsp3) is 0.667. The van der Waals surface area contributed by atoms with Crippen molar-refractivity contribution in [2.45, 2.75) is 0 Å². The number of hydrogen-bond donors (Lipinski definition) is 0. The number of nitrogens with zero attached hydrogens (tertiary/aromatic N) is 2. The molecule has 2 heteroatoms. The van der Waals surface area contributed by atoms with Gasteiger partial charge < -0.3 is 0 Å². The molecule has 0 fully saturated rings. The fourth-order valence-electron chi connectivity index (χ4n) is 0.315. The largest absolute Gasteiger partial charge is 0.299 e. The number of rotatable bonds is 3. The third-order valence-corrected chi connectivity index (χ3v) is 0.805. The zero-order valence-corrected chi connectivity index (χ0v) is 5.46. The van der Waals surface area contributed by atoms with Gasteiger partial charge in [0.25, 0.3) is 0 Å². The SMILES string of the molecule is [CH]N(C)CCN([CH])C. The van der Waals surface area contributed by atoms with Crippen molar-refractivity contribution in [3.05, 3.63) is 14.1 Å². The lowest BCUT2D eigenvalue weighted by Gasteiger charge is -2.12. The van der Waals surface area contributed by atoms with Crippen molar-refractivity contribution < 1.29 is 0 Å². The lowest BCUT2D eigenvalue weighted by molar-refractivity contribution is 0.359. The molecule has 0 aliphatic carbocycles. The molecule has 2 nitrogen and oxygen atoms in total. The van der Waals surface area contributed by atoms with Gasteiger partial charge in [-0.25, -0.2) is 0 Å². The van der Waals surface area contributed by atoms with Crippen molar-refractivity contribution in [3.63, 3.8) is 0 Å². The molecule has 0 saturated carbocycles. The Labute approximate surface area is 52.1 Å². The van der Waals surface area contributed by atoms with Gasteiger partial charge in [0.05, 0.1) is 0 Å². The zero-order valence-electron chi connectivity index (χ0n) is 5.46. The highest BCUT2D eigenvalue weighted by Crippen LogP contribution is 1.79. The van der Waals surface area contributed by atoms with Crippen LogP contribution >= 0.6 is 0 Å². The molecule has 0 aliphatic rings. The van der Waals surface area contributed by atoms with Crippen molar-refractivity contribution in [2.75, 3.05) is 27.2 Å². The Morgan fingerprint density at radius 3 is 1.38 bits per heavy atom. The zero-order chi connectivity index (χ0) is 6.57. The van der Waals surface area contributed by atoms with E-state index in [2.05, 4.69) is 0 Å². The molecule has 8 heavy (non-hydrogen) atoms. The Morgan fingerprint density at radius 2 is 1.25 bits per heavy atom. The molecule has 4 radical (unpaired) electrons. The number of hydrogen-bond acceptors (Lipinski definition) is 2. The Hall–Kier alpha value is -0.0800. The summed E-state index contributed by atoms with van der Waals surface area (Å²) in [5, 5.41) is 0. The number of likely N-dealkylation sites (N-methyl/N-ethyl adjacent to an activating group) is 2. The second kappa shape index (κ2) is 3.87. The van der Waals surface area contributed by atoms with Crippen molar-refractivity contribution in [2.24, 2.45) is 0 Å². The molecule has 0 heterocycles. The molecular weight excluding hydrogens is 100 g/mol. The van der Waals surface area contributed by atoms with E-state index < -0.39 is 0 Å². The van der Waals surface area contributed by atoms with Gasteiger partial charge in [0, 0.05) is 27.2 Å². The molecule has 0 spiro atoms. The molecular formula is C6H12N2. The fourth-order valence-corrected chi connectivity index (χ4v) is 0.315. The summed E-state index contributed by atoms with van der Waals surface area (Å²) >= 11 is 0. The van der Waals surface area contributed by atoms with Gasteiger partial charge in [-0.15, -0.1) is 0 Å². The lowest BCUT2D eigenvalue weighted by atomic mass is 10.5. The van der Waals surface area contributed by atoms with Gasteiger partial charge in [-0.05, 0) is 14.1 Å². The maximum absolute atomic E-state index is 5.29. The van der Waals surface area contributed by atoms with Crippen LogP contribution in [0.15, 0.2) is 0 Å². The Kier molecular flexibility index (Phi) is 3.83. The first-order valence-corrected chi connectivity index (χ1v) is 2.54. The summed E-state index contributed by atoms with van der Waals surface area (Å²) in [6.07, 6.45) is 0. The minimum absolute atomic E-state index is 0.799. The van der Waals surface area contributed by atoms with Gasteiger partial charge in [0.2, 0.25) is 0 Å². The Balaban J connectivity index is 2.93. The molecule has 0 amide bonds. The Bertz CT molecular complexity index is 42.5. The summed E-state index contributed by atoms with van der Waals surface area (Å²) in [7, 11) is 14.2. The van der Waals surface area contributed by atoms with Crippen LogP contribution in [0.2, 0.25) is 0 Å². The van der Waals surface area contributed by atoms with E-state index >= 15 is 0 Å². The van der Waals surface area contributed by atoms with Gasteiger partial charge in [-0.2, -0.15) is 0 Å². The van der Waals surface area contributed by atoms with E-state index in [1.54, 1.807) is 9.80 Å². The van der Waals surface area contributed by atoms with Crippen LogP contribution in [0.1, 0.15) is 0 Å². The first-order chi connectivity index (χ1) is 3.63. The predicted octanol–water partition coefficient (Wildman–Crippen LogP) is 0.187. The van der Waals surface area contributed by atoms with E-state index in [-0.39, 0.29) is 0 Å². The van der Waals surface area contributed by atoms with E-state index in [1.807, 2.05) is 14.1 Å². The lowest BCUT2D eigenvalue weighted by Crippen LogP contribution is -2.22. The molecule has 46 valence electrons. The maximum Gasteiger partial charge on any atom is 0.0436 e. The van der Waals surface area contributed by atoms with Crippen LogP contribution in [-0.4, -0.2) is 37.0 Å². The third kappa shape index (κ3) is 5.92. The van der Waals surface area contributed by atoms with Gasteiger partial charge in [0.1, 0.15) is 0 Å². The summed E-state index contributed by atoms with van der Waals surface area (Å²) in [5.41, 5.74) is 0. The summed E-state index contributed by atoms with van der Waals surface area (Å²) in [6.45, 7) is 1.60. The molecule has 0 atom stereocenters. The van der Waals surface area contributed by atoms with Gasteiger partial charge in [-0.1, -0.05) is 0 Å². The second-order valence-corrected chi connectivity index (χ2v) is 1.96. The molecule has 0 saturated heterocycles. The highest BCUT2D eigenvalue weighted by Gasteiger charge is 1.90. The topological polar surface area (TPSA) is 6.48 Å². The van der Waals surface area contributed by atoms with Crippen molar-refractivity contribution in [3.8, 4) is 0 Å². The normalized spacial score (nSPS) is 11.2. The van der Waals surface area contributed by atoms with Crippen LogP contribution < -0.4 is 0 Å². The summed E-state index contributed by atoms with van der Waals surface area (Å²) in [4.78, 5) is 3.20. The van der Waals surface area contributed by atoms with Crippen LogP contribution in [0.4, 0.5) is 0 Å². The average Bonchev–Trinajstić information content (AvgIpc) is 1.61. The van der Waals surface area contributed by atoms with E-state index in [0.29, 0.717) is 0 Å². The van der Waals surface area contributed by atoms with E-state index in [9.17, 15) is 0 Å². The molecule has 0 rings (SSSR count). The van der Waals surface area contributed by atoms with E-state index in [1.165, 1.54) is 0 Å². The molecule has 0 N–H and O–H groups in total. The predicted molar refractivity (Wildman–Crippen MR) is 33.9 cm³/mol. The monoisotopic (exact) mass is 112 g/mol. The van der Waals surface area contributed by atoms with Gasteiger partial charge in [-0.3, -0.25) is 9.80 Å². The molecule has 0 aromatic heterocycles. The van der Waals surface area contributed by atoms with Crippen LogP contribution in [-0.2, 0) is 0 Å². The third-order valence-electron chi connectivity index (χ3n) is 0.805. The maximum atomic E-state index is 5.29. The summed E-state index contributed by atoms with van der Waals surface area (Å²) in [6, 6.07) is 0. The van der Waals surface area contributed by atoms with Crippen molar-refractivity contribution >= 4 is 0 Å². The van der Waals surface area contributed by atoms with E-state index in [4.69, 9.17) is 14.1 Å².